The normalized spacial score (nSPS) is 18.7. The summed E-state index contributed by atoms with van der Waals surface area (Å²) in [4.78, 5) is 31.3. The summed E-state index contributed by atoms with van der Waals surface area (Å²) in [6, 6.07) is 16.5. The molecule has 1 aliphatic rings. The molecule has 2 atom stereocenters. The second-order valence-electron chi connectivity index (χ2n) is 7.82. The van der Waals surface area contributed by atoms with Gasteiger partial charge >= 0.3 is 6.09 Å². The van der Waals surface area contributed by atoms with E-state index >= 15 is 0 Å². The van der Waals surface area contributed by atoms with E-state index in [4.69, 9.17) is 4.74 Å². The number of β-amino-alcohol motifs (C(OH)–C–C–N with tert-alkyl or cyclic N) is 1. The van der Waals surface area contributed by atoms with Crippen LogP contribution in [0.5, 0.6) is 5.75 Å². The highest BCUT2D eigenvalue weighted by Gasteiger charge is 2.34. The van der Waals surface area contributed by atoms with Crippen molar-refractivity contribution in [2.75, 3.05) is 13.2 Å². The third kappa shape index (κ3) is 3.62. The first-order valence-electron chi connectivity index (χ1n) is 10.0. The van der Waals surface area contributed by atoms with Crippen molar-refractivity contribution >= 4 is 27.9 Å². The van der Waals surface area contributed by atoms with Crippen molar-refractivity contribution in [1.29, 1.82) is 0 Å². The van der Waals surface area contributed by atoms with Crippen LogP contribution in [0.1, 0.15) is 6.42 Å². The maximum atomic E-state index is 12.6. The van der Waals surface area contributed by atoms with Gasteiger partial charge in [0.2, 0.25) is 0 Å². The fourth-order valence-corrected chi connectivity index (χ4v) is 4.17. The van der Waals surface area contributed by atoms with Crippen molar-refractivity contribution in [3.8, 4) is 17.0 Å². The highest BCUT2D eigenvalue weighted by atomic mass is 16.5. The number of fused-ring (bicyclic) bond motifs is 2. The predicted molar refractivity (Wildman–Crippen MR) is 116 cm³/mol. The van der Waals surface area contributed by atoms with Gasteiger partial charge in [-0.2, -0.15) is 0 Å². The third-order valence-corrected chi connectivity index (χ3v) is 5.72. The number of hydrogen-bond acceptors (Lipinski definition) is 4. The van der Waals surface area contributed by atoms with Crippen LogP contribution in [-0.4, -0.2) is 56.5 Å². The summed E-state index contributed by atoms with van der Waals surface area (Å²) in [6.07, 6.45) is -1.37. The maximum absolute atomic E-state index is 12.6. The maximum Gasteiger partial charge on any atom is 0.407 e. The first kappa shape index (κ1) is 19.2. The molecule has 0 aliphatic carbocycles. The van der Waals surface area contributed by atoms with Crippen LogP contribution in [0.2, 0.25) is 0 Å². The molecule has 1 aliphatic heterocycles. The number of aliphatic hydroxyl groups excluding tert-OH is 1. The molecular formula is C23H21N3O5. The van der Waals surface area contributed by atoms with Crippen molar-refractivity contribution in [1.82, 2.24) is 14.9 Å². The fourth-order valence-electron chi connectivity index (χ4n) is 4.17. The lowest BCUT2D eigenvalue weighted by molar-refractivity contribution is 0.119. The Morgan fingerprint density at radius 2 is 1.87 bits per heavy atom. The van der Waals surface area contributed by atoms with E-state index in [1.54, 1.807) is 6.07 Å². The van der Waals surface area contributed by atoms with Crippen molar-refractivity contribution < 1.29 is 19.7 Å². The number of ether oxygens (including phenoxy) is 1. The van der Waals surface area contributed by atoms with Gasteiger partial charge in [0.1, 0.15) is 12.4 Å². The van der Waals surface area contributed by atoms with Gasteiger partial charge in [-0.25, -0.2) is 4.79 Å². The van der Waals surface area contributed by atoms with Gasteiger partial charge in [-0.3, -0.25) is 9.69 Å². The average Bonchev–Trinajstić information content (AvgIpc) is 3.34. The summed E-state index contributed by atoms with van der Waals surface area (Å²) >= 11 is 0. The zero-order chi connectivity index (χ0) is 21.5. The summed E-state index contributed by atoms with van der Waals surface area (Å²) in [5, 5.41) is 20.9. The van der Waals surface area contributed by atoms with Crippen molar-refractivity contribution in [2.24, 2.45) is 0 Å². The summed E-state index contributed by atoms with van der Waals surface area (Å²) in [5.74, 6) is 0.595. The Kier molecular flexibility index (Phi) is 4.63. The number of amides is 1. The number of H-pyrrole nitrogens is 2. The molecule has 2 aromatic carbocycles. The second kappa shape index (κ2) is 7.48. The van der Waals surface area contributed by atoms with Gasteiger partial charge in [0.15, 0.2) is 0 Å². The van der Waals surface area contributed by atoms with Crippen LogP contribution in [0, 0.1) is 0 Å². The largest absolute Gasteiger partial charge is 0.491 e. The molecule has 8 heteroatoms. The molecule has 0 unspecified atom stereocenters. The number of likely N-dealkylation sites (tertiary alicyclic amines) is 1. The molecule has 1 amide bonds. The Labute approximate surface area is 176 Å². The standard InChI is InChI=1S/C23H21N3O5/c27-16-10-15(26(11-16)23(29)30)12-31-17-5-6-20-14(7-17)9-21(24-20)18-8-13-3-1-2-4-19(13)25-22(18)28/h1-9,15-16,24,27H,10-12H2,(H,25,28)(H,29,30)/t15-,16-/m1/s1. The number of carbonyl (C=O) groups is 1. The van der Waals surface area contributed by atoms with Gasteiger partial charge in [-0.05, 0) is 48.2 Å². The minimum Gasteiger partial charge on any atom is -0.491 e. The average molecular weight is 419 g/mol. The first-order chi connectivity index (χ1) is 15.0. The molecule has 31 heavy (non-hydrogen) atoms. The zero-order valence-electron chi connectivity index (χ0n) is 16.5. The molecule has 1 fully saturated rings. The number of rotatable bonds is 4. The van der Waals surface area contributed by atoms with Gasteiger partial charge in [-0.15, -0.1) is 0 Å². The molecule has 0 radical (unpaired) electrons. The van der Waals surface area contributed by atoms with E-state index in [9.17, 15) is 19.8 Å². The molecule has 0 saturated carbocycles. The Hall–Kier alpha value is -3.78. The molecule has 8 nitrogen and oxygen atoms in total. The highest BCUT2D eigenvalue weighted by Crippen LogP contribution is 2.27. The van der Waals surface area contributed by atoms with E-state index in [-0.39, 0.29) is 24.8 Å². The number of nitrogens with one attached hydrogen (secondary N) is 2. The molecule has 5 rings (SSSR count). The second-order valence-corrected chi connectivity index (χ2v) is 7.82. The lowest BCUT2D eigenvalue weighted by Crippen LogP contribution is -2.38. The number of para-hydroxylation sites is 1. The summed E-state index contributed by atoms with van der Waals surface area (Å²) in [6.45, 7) is 0.264. The number of hydrogen-bond donors (Lipinski definition) is 4. The Morgan fingerprint density at radius 1 is 1.06 bits per heavy atom. The molecule has 0 bridgehead atoms. The molecular weight excluding hydrogens is 398 g/mol. The van der Waals surface area contributed by atoms with Crippen LogP contribution in [0.3, 0.4) is 0 Å². The van der Waals surface area contributed by atoms with Crippen LogP contribution < -0.4 is 10.3 Å². The van der Waals surface area contributed by atoms with Crippen LogP contribution in [0.15, 0.2) is 59.4 Å². The quantitative estimate of drug-likeness (QED) is 0.405. The van der Waals surface area contributed by atoms with E-state index in [0.717, 1.165) is 21.8 Å². The van der Waals surface area contributed by atoms with Crippen LogP contribution in [-0.2, 0) is 0 Å². The van der Waals surface area contributed by atoms with Crippen LogP contribution in [0.4, 0.5) is 4.79 Å². The lowest BCUT2D eigenvalue weighted by Gasteiger charge is -2.21. The molecule has 1 saturated heterocycles. The van der Waals surface area contributed by atoms with Crippen LogP contribution >= 0.6 is 0 Å². The predicted octanol–water partition coefficient (Wildman–Crippen LogP) is 3.17. The van der Waals surface area contributed by atoms with E-state index in [1.165, 1.54) is 4.90 Å². The van der Waals surface area contributed by atoms with Gasteiger partial charge in [-0.1, -0.05) is 18.2 Å². The zero-order valence-corrected chi connectivity index (χ0v) is 16.5. The number of aromatic amines is 2. The van der Waals surface area contributed by atoms with Crippen LogP contribution in [0.25, 0.3) is 33.1 Å². The van der Waals surface area contributed by atoms with Gasteiger partial charge in [0.05, 0.1) is 29.9 Å². The topological polar surface area (TPSA) is 119 Å². The van der Waals surface area contributed by atoms with Gasteiger partial charge in [0, 0.05) is 16.4 Å². The Morgan fingerprint density at radius 3 is 2.71 bits per heavy atom. The highest BCUT2D eigenvalue weighted by molar-refractivity contribution is 5.89. The summed E-state index contributed by atoms with van der Waals surface area (Å²) in [5.41, 5.74) is 2.73. The van der Waals surface area contributed by atoms with Crippen molar-refractivity contribution in [2.45, 2.75) is 18.6 Å². The number of nitrogens with zero attached hydrogens (tertiary/aromatic N) is 1. The number of aromatic nitrogens is 2. The molecule has 3 heterocycles. The van der Waals surface area contributed by atoms with E-state index < -0.39 is 12.2 Å². The van der Waals surface area contributed by atoms with Crippen molar-refractivity contribution in [3.05, 3.63) is 65.0 Å². The SMILES string of the molecule is O=C(O)N1C[C@H](O)C[C@@H]1COc1ccc2[nH]c(-c3cc4ccccc4[nH]c3=O)cc2c1. The monoisotopic (exact) mass is 419 g/mol. The first-order valence-corrected chi connectivity index (χ1v) is 10.0. The van der Waals surface area contributed by atoms with E-state index in [2.05, 4.69) is 9.97 Å². The third-order valence-electron chi connectivity index (χ3n) is 5.72. The van der Waals surface area contributed by atoms with Gasteiger partial charge < -0.3 is 24.9 Å². The van der Waals surface area contributed by atoms with Crippen molar-refractivity contribution in [3.63, 3.8) is 0 Å². The summed E-state index contributed by atoms with van der Waals surface area (Å²) < 4.78 is 5.83. The van der Waals surface area contributed by atoms with Gasteiger partial charge in [0.25, 0.3) is 5.56 Å². The number of benzene rings is 2. The molecule has 2 aromatic heterocycles. The molecule has 4 N–H and O–H groups in total. The van der Waals surface area contributed by atoms with E-state index in [1.807, 2.05) is 48.5 Å². The minimum absolute atomic E-state index is 0.101. The molecule has 158 valence electrons. The smallest absolute Gasteiger partial charge is 0.407 e. The minimum atomic E-state index is -1.06. The fraction of sp³-hybridized carbons (Fsp3) is 0.217. The number of carboxylic acid groups (broad SMARTS) is 1. The van der Waals surface area contributed by atoms with E-state index in [0.29, 0.717) is 23.4 Å². The number of pyridine rings is 1. The molecule has 0 spiro atoms. The Balaban J connectivity index is 1.40. The Bertz CT molecular complexity index is 1340. The number of aliphatic hydroxyl groups is 1. The molecule has 4 aromatic rings. The lowest BCUT2D eigenvalue weighted by atomic mass is 10.1. The summed E-state index contributed by atoms with van der Waals surface area (Å²) in [7, 11) is 0.